The van der Waals surface area contributed by atoms with Crippen LogP contribution in [0.2, 0.25) is 0 Å². The van der Waals surface area contributed by atoms with Crippen LogP contribution in [-0.2, 0) is 13.2 Å². The second-order valence-electron chi connectivity index (χ2n) is 2.40. The van der Waals surface area contributed by atoms with Gasteiger partial charge in [-0.1, -0.05) is 0 Å². The first-order valence-electron chi connectivity index (χ1n) is 3.23. The molecule has 0 saturated heterocycles. The van der Waals surface area contributed by atoms with Crippen molar-refractivity contribution < 1.29 is 13.2 Å². The lowest BCUT2D eigenvalue weighted by molar-refractivity contribution is -0.137. The molecule has 0 aliphatic rings. The van der Waals surface area contributed by atoms with Gasteiger partial charge in [0.1, 0.15) is 11.3 Å². The summed E-state index contributed by atoms with van der Waals surface area (Å²) in [6.45, 7) is 0. The van der Waals surface area contributed by atoms with Crippen LogP contribution in [0.15, 0.2) is 11.0 Å². The normalized spacial score (nSPS) is 11.7. The van der Waals surface area contributed by atoms with E-state index in [1.54, 1.807) is 0 Å². The minimum Gasteiger partial charge on any atom is -0.394 e. The van der Waals surface area contributed by atoms with Gasteiger partial charge in [-0.2, -0.15) is 18.3 Å². The number of aryl methyl sites for hydroxylation is 1. The summed E-state index contributed by atoms with van der Waals surface area (Å²) >= 11 is 0. The molecule has 0 unspecified atom stereocenters. The van der Waals surface area contributed by atoms with E-state index in [1.165, 1.54) is 7.05 Å². The largest absolute Gasteiger partial charge is 0.420 e. The van der Waals surface area contributed by atoms with E-state index in [9.17, 15) is 18.0 Å². The Bertz CT molecular complexity index is 382. The van der Waals surface area contributed by atoms with E-state index >= 15 is 0 Å². The Morgan fingerprint density at radius 2 is 2.08 bits per heavy atom. The number of rotatable bonds is 0. The molecule has 0 fully saturated rings. The molecule has 0 saturated carbocycles. The topological polar surface area (TPSA) is 60.9 Å². The zero-order valence-electron chi connectivity index (χ0n) is 6.59. The van der Waals surface area contributed by atoms with E-state index in [1.807, 2.05) is 0 Å². The zero-order chi connectivity index (χ0) is 10.2. The van der Waals surface area contributed by atoms with Crippen LogP contribution in [0.25, 0.3) is 0 Å². The summed E-state index contributed by atoms with van der Waals surface area (Å²) in [6, 6.07) is 0. The van der Waals surface area contributed by atoms with Gasteiger partial charge in [0.15, 0.2) is 0 Å². The Hall–Kier alpha value is -1.53. The molecule has 1 aromatic heterocycles. The van der Waals surface area contributed by atoms with Crippen LogP contribution in [0.1, 0.15) is 5.56 Å². The summed E-state index contributed by atoms with van der Waals surface area (Å²) in [5.74, 6) is 0. The lowest BCUT2D eigenvalue weighted by Crippen LogP contribution is -2.26. The lowest BCUT2D eigenvalue weighted by Gasteiger charge is -2.08. The third kappa shape index (κ3) is 1.63. The van der Waals surface area contributed by atoms with Gasteiger partial charge in [-0.25, -0.2) is 4.68 Å². The Labute approximate surface area is 70.8 Å². The first-order chi connectivity index (χ1) is 5.84. The van der Waals surface area contributed by atoms with Crippen LogP contribution in [0, 0.1) is 0 Å². The van der Waals surface area contributed by atoms with Gasteiger partial charge in [-0.05, 0) is 0 Å². The SMILES string of the molecule is Cn1ncc(C(F)(F)F)c(N)c1=O. The predicted molar refractivity (Wildman–Crippen MR) is 38.9 cm³/mol. The van der Waals surface area contributed by atoms with E-state index in [-0.39, 0.29) is 0 Å². The Morgan fingerprint density at radius 3 is 2.54 bits per heavy atom. The predicted octanol–water partition coefficient (Wildman–Crippen LogP) is 0.381. The number of hydrogen-bond acceptors (Lipinski definition) is 3. The van der Waals surface area contributed by atoms with Crippen molar-refractivity contribution in [3.63, 3.8) is 0 Å². The molecule has 0 aliphatic heterocycles. The summed E-state index contributed by atoms with van der Waals surface area (Å²) in [5, 5.41) is 3.21. The van der Waals surface area contributed by atoms with Crippen molar-refractivity contribution >= 4 is 5.69 Å². The number of anilines is 1. The molecule has 1 heterocycles. The van der Waals surface area contributed by atoms with E-state index in [4.69, 9.17) is 5.73 Å². The zero-order valence-corrected chi connectivity index (χ0v) is 6.59. The standard InChI is InChI=1S/C6H6F3N3O/c1-12-5(13)4(10)3(2-11-12)6(7,8)9/h2H,10H2,1H3. The molecule has 0 spiro atoms. The van der Waals surface area contributed by atoms with Crippen molar-refractivity contribution in [3.05, 3.63) is 22.1 Å². The molecule has 0 radical (unpaired) electrons. The molecule has 1 rings (SSSR count). The fraction of sp³-hybridized carbons (Fsp3) is 0.333. The number of aromatic nitrogens is 2. The van der Waals surface area contributed by atoms with Gasteiger partial charge >= 0.3 is 6.18 Å². The lowest BCUT2D eigenvalue weighted by atomic mass is 10.2. The molecule has 4 nitrogen and oxygen atoms in total. The van der Waals surface area contributed by atoms with Crippen molar-refractivity contribution in [1.29, 1.82) is 0 Å². The molecule has 13 heavy (non-hydrogen) atoms. The maximum atomic E-state index is 12.1. The third-order valence-electron chi connectivity index (χ3n) is 1.48. The monoisotopic (exact) mass is 193 g/mol. The molecule has 0 bridgehead atoms. The number of hydrogen-bond donors (Lipinski definition) is 1. The molecular weight excluding hydrogens is 187 g/mol. The molecule has 0 amide bonds. The quantitative estimate of drug-likeness (QED) is 0.648. The fourth-order valence-electron chi connectivity index (χ4n) is 0.782. The van der Waals surface area contributed by atoms with E-state index in [0.29, 0.717) is 6.20 Å². The molecule has 7 heteroatoms. The van der Waals surface area contributed by atoms with Gasteiger partial charge in [0.2, 0.25) is 0 Å². The highest BCUT2D eigenvalue weighted by atomic mass is 19.4. The van der Waals surface area contributed by atoms with Gasteiger partial charge in [0.05, 0.1) is 6.20 Å². The minimum absolute atomic E-state index is 0.525. The molecule has 0 aliphatic carbocycles. The number of nitrogen functional groups attached to an aromatic ring is 1. The summed E-state index contributed by atoms with van der Waals surface area (Å²) in [4.78, 5) is 10.9. The number of nitrogens with two attached hydrogens (primary N) is 1. The summed E-state index contributed by atoms with van der Waals surface area (Å²) in [7, 11) is 1.22. The Balaban J connectivity index is 3.44. The average molecular weight is 193 g/mol. The number of nitrogens with zero attached hydrogens (tertiary/aromatic N) is 2. The minimum atomic E-state index is -4.63. The molecule has 1 aromatic rings. The number of alkyl halides is 3. The average Bonchev–Trinajstić information content (AvgIpc) is 1.98. The molecule has 72 valence electrons. The van der Waals surface area contributed by atoms with Gasteiger partial charge < -0.3 is 5.73 Å². The molecule has 0 aromatic carbocycles. The Kier molecular flexibility index (Phi) is 2.02. The summed E-state index contributed by atoms with van der Waals surface area (Å²) in [6.07, 6.45) is -4.11. The van der Waals surface area contributed by atoms with Crippen molar-refractivity contribution in [2.75, 3.05) is 5.73 Å². The van der Waals surface area contributed by atoms with Crippen molar-refractivity contribution in [2.45, 2.75) is 6.18 Å². The maximum Gasteiger partial charge on any atom is 0.420 e. The Morgan fingerprint density at radius 1 is 1.54 bits per heavy atom. The smallest absolute Gasteiger partial charge is 0.394 e. The molecule has 2 N–H and O–H groups in total. The van der Waals surface area contributed by atoms with Crippen molar-refractivity contribution in [2.24, 2.45) is 7.05 Å². The highest BCUT2D eigenvalue weighted by Gasteiger charge is 2.34. The van der Waals surface area contributed by atoms with E-state index < -0.39 is 23.0 Å². The summed E-state index contributed by atoms with van der Waals surface area (Å²) in [5.41, 5.74) is 2.00. The second-order valence-corrected chi connectivity index (χ2v) is 2.40. The van der Waals surface area contributed by atoms with Gasteiger partial charge in [0, 0.05) is 7.05 Å². The first-order valence-corrected chi connectivity index (χ1v) is 3.23. The first kappa shape index (κ1) is 9.56. The van der Waals surface area contributed by atoms with Gasteiger partial charge in [-0.3, -0.25) is 4.79 Å². The van der Waals surface area contributed by atoms with Gasteiger partial charge in [-0.15, -0.1) is 0 Å². The van der Waals surface area contributed by atoms with Crippen molar-refractivity contribution in [1.82, 2.24) is 9.78 Å². The number of halogens is 3. The maximum absolute atomic E-state index is 12.1. The summed E-state index contributed by atoms with van der Waals surface area (Å²) < 4.78 is 37.0. The van der Waals surface area contributed by atoms with E-state index in [0.717, 1.165) is 4.68 Å². The van der Waals surface area contributed by atoms with Crippen LogP contribution in [0.4, 0.5) is 18.9 Å². The van der Waals surface area contributed by atoms with Crippen LogP contribution < -0.4 is 11.3 Å². The highest BCUT2D eigenvalue weighted by molar-refractivity contribution is 5.44. The van der Waals surface area contributed by atoms with Crippen LogP contribution >= 0.6 is 0 Å². The van der Waals surface area contributed by atoms with E-state index in [2.05, 4.69) is 5.10 Å². The van der Waals surface area contributed by atoms with Crippen LogP contribution in [0.5, 0.6) is 0 Å². The van der Waals surface area contributed by atoms with Crippen LogP contribution in [-0.4, -0.2) is 9.78 Å². The van der Waals surface area contributed by atoms with Gasteiger partial charge in [0.25, 0.3) is 5.56 Å². The highest BCUT2D eigenvalue weighted by Crippen LogP contribution is 2.30. The second kappa shape index (κ2) is 2.75. The van der Waals surface area contributed by atoms with Crippen molar-refractivity contribution in [3.8, 4) is 0 Å². The third-order valence-corrected chi connectivity index (χ3v) is 1.48. The molecule has 0 atom stereocenters. The van der Waals surface area contributed by atoms with Crippen LogP contribution in [0.3, 0.4) is 0 Å². The molecular formula is C6H6F3N3O. The fourth-order valence-corrected chi connectivity index (χ4v) is 0.782.